The highest BCUT2D eigenvalue weighted by molar-refractivity contribution is 5.72. The molecule has 0 bridgehead atoms. The van der Waals surface area contributed by atoms with E-state index >= 15 is 0 Å². The molecule has 28 heavy (non-hydrogen) atoms. The first-order valence-electron chi connectivity index (χ1n) is 10.1. The number of hydrogen-bond donors (Lipinski definition) is 0. The molecule has 3 rings (SSSR count). The van der Waals surface area contributed by atoms with Crippen LogP contribution in [-0.4, -0.2) is 34.7 Å². The highest BCUT2D eigenvalue weighted by Crippen LogP contribution is 2.23. The van der Waals surface area contributed by atoms with E-state index in [1.54, 1.807) is 4.90 Å². The number of rotatable bonds is 5. The third kappa shape index (κ3) is 5.95. The Morgan fingerprint density at radius 2 is 1.89 bits per heavy atom. The number of pyridine rings is 1. The summed E-state index contributed by atoms with van der Waals surface area (Å²) in [6.45, 7) is 6.94. The molecular weight excluding hydrogens is 348 g/mol. The zero-order chi connectivity index (χ0) is 20.0. The van der Waals surface area contributed by atoms with Crippen molar-refractivity contribution in [1.29, 1.82) is 0 Å². The Morgan fingerprint density at radius 3 is 2.50 bits per heavy atom. The minimum absolute atomic E-state index is 0.241. The number of carbonyl (C=O) groups is 1. The van der Waals surface area contributed by atoms with Crippen molar-refractivity contribution in [3.63, 3.8) is 0 Å². The van der Waals surface area contributed by atoms with Gasteiger partial charge in [0.1, 0.15) is 5.60 Å². The lowest BCUT2D eigenvalue weighted by molar-refractivity contribution is 0.0270. The first-order chi connectivity index (χ1) is 13.4. The van der Waals surface area contributed by atoms with Crippen molar-refractivity contribution in [2.75, 3.05) is 13.1 Å². The topological polar surface area (TPSA) is 42.4 Å². The smallest absolute Gasteiger partial charge is 0.410 e. The molecule has 1 aliphatic rings. The molecule has 1 aliphatic heterocycles. The Balaban J connectivity index is 1.50. The van der Waals surface area contributed by atoms with Crippen LogP contribution in [0.5, 0.6) is 0 Å². The van der Waals surface area contributed by atoms with Gasteiger partial charge in [-0.1, -0.05) is 42.5 Å². The number of hydrogen-bond acceptors (Lipinski definition) is 3. The number of aromatic nitrogens is 1. The van der Waals surface area contributed by atoms with Gasteiger partial charge in [0.15, 0.2) is 0 Å². The minimum Gasteiger partial charge on any atom is -0.444 e. The van der Waals surface area contributed by atoms with Crippen molar-refractivity contribution >= 4 is 11.7 Å². The third-order valence-corrected chi connectivity index (χ3v) is 4.80. The number of aryl methyl sites for hydroxylation is 2. The normalized spacial score (nSPS) is 14.5. The van der Waals surface area contributed by atoms with Crippen LogP contribution in [0, 0.1) is 0 Å². The average Bonchev–Trinajstić information content (AvgIpc) is 2.68. The van der Waals surface area contributed by atoms with Crippen LogP contribution in [0.3, 0.4) is 0 Å². The number of ether oxygens (including phenoxy) is 1. The maximum atomic E-state index is 12.2. The van der Waals surface area contributed by atoms with Crippen molar-refractivity contribution in [1.82, 2.24) is 9.88 Å². The summed E-state index contributed by atoms with van der Waals surface area (Å²) < 4.78 is 5.45. The number of amides is 1. The Morgan fingerprint density at radius 1 is 1.11 bits per heavy atom. The van der Waals surface area contributed by atoms with Crippen molar-refractivity contribution in [2.24, 2.45) is 0 Å². The maximum Gasteiger partial charge on any atom is 0.410 e. The molecule has 4 nitrogen and oxygen atoms in total. The fourth-order valence-corrected chi connectivity index (χ4v) is 3.30. The summed E-state index contributed by atoms with van der Waals surface area (Å²) in [7, 11) is 0. The van der Waals surface area contributed by atoms with Gasteiger partial charge >= 0.3 is 6.09 Å². The van der Waals surface area contributed by atoms with Crippen LogP contribution in [0.25, 0.3) is 5.57 Å². The molecule has 0 radical (unpaired) electrons. The fourth-order valence-electron chi connectivity index (χ4n) is 3.30. The van der Waals surface area contributed by atoms with Crippen LogP contribution in [0.1, 0.15) is 50.4 Å². The second kappa shape index (κ2) is 9.05. The molecule has 0 saturated heterocycles. The molecule has 4 heteroatoms. The van der Waals surface area contributed by atoms with Gasteiger partial charge in [-0.2, -0.15) is 0 Å². The fraction of sp³-hybridized carbons (Fsp3) is 0.417. The summed E-state index contributed by atoms with van der Waals surface area (Å²) in [5, 5.41) is 0. The second-order valence-electron chi connectivity index (χ2n) is 8.28. The van der Waals surface area contributed by atoms with Crippen LogP contribution < -0.4 is 0 Å². The van der Waals surface area contributed by atoms with Crippen molar-refractivity contribution in [3.8, 4) is 0 Å². The number of carbonyl (C=O) groups excluding carboxylic acids is 1. The van der Waals surface area contributed by atoms with Crippen molar-refractivity contribution in [2.45, 2.75) is 52.1 Å². The summed E-state index contributed by atoms with van der Waals surface area (Å²) >= 11 is 0. The number of benzene rings is 1. The SMILES string of the molecule is CC(C)(C)OC(=O)N1CC=C(c2ccc(CCCc3ccccc3)nc2)CC1. The standard InChI is InChI=1S/C24H30N2O2/c1-24(2,3)28-23(27)26-16-14-20(15-17-26)21-12-13-22(25-18-21)11-7-10-19-8-5-4-6-9-19/h4-6,8-9,12-14,18H,7,10-11,15-17H2,1-3H3. The van der Waals surface area contributed by atoms with E-state index in [4.69, 9.17) is 4.74 Å². The van der Waals surface area contributed by atoms with Gasteiger partial charge in [0.05, 0.1) is 0 Å². The Labute approximate surface area is 168 Å². The van der Waals surface area contributed by atoms with E-state index in [1.807, 2.05) is 27.0 Å². The zero-order valence-corrected chi connectivity index (χ0v) is 17.1. The lowest BCUT2D eigenvalue weighted by atomic mass is 10.0. The monoisotopic (exact) mass is 378 g/mol. The summed E-state index contributed by atoms with van der Waals surface area (Å²) in [5.41, 5.74) is 4.45. The minimum atomic E-state index is -0.457. The number of nitrogens with zero attached hydrogens (tertiary/aromatic N) is 2. The van der Waals surface area contributed by atoms with E-state index in [0.29, 0.717) is 13.1 Å². The molecule has 148 valence electrons. The first kappa shape index (κ1) is 20.1. The van der Waals surface area contributed by atoms with Gasteiger partial charge < -0.3 is 9.64 Å². The van der Waals surface area contributed by atoms with Crippen LogP contribution in [0.15, 0.2) is 54.7 Å². The zero-order valence-electron chi connectivity index (χ0n) is 17.1. The van der Waals surface area contributed by atoms with Crippen LogP contribution in [-0.2, 0) is 17.6 Å². The van der Waals surface area contributed by atoms with Crippen LogP contribution in [0.4, 0.5) is 4.79 Å². The third-order valence-electron chi connectivity index (χ3n) is 4.80. The first-order valence-corrected chi connectivity index (χ1v) is 10.1. The van der Waals surface area contributed by atoms with E-state index in [-0.39, 0.29) is 6.09 Å². The highest BCUT2D eigenvalue weighted by Gasteiger charge is 2.23. The quantitative estimate of drug-likeness (QED) is 0.711. The Kier molecular flexibility index (Phi) is 6.50. The van der Waals surface area contributed by atoms with E-state index in [2.05, 4.69) is 53.5 Å². The molecule has 0 N–H and O–H groups in total. The summed E-state index contributed by atoms with van der Waals surface area (Å²) in [6, 6.07) is 14.9. The largest absolute Gasteiger partial charge is 0.444 e. The second-order valence-corrected chi connectivity index (χ2v) is 8.28. The van der Waals surface area contributed by atoms with Gasteiger partial charge in [0, 0.05) is 25.0 Å². The van der Waals surface area contributed by atoms with E-state index < -0.39 is 5.60 Å². The lowest BCUT2D eigenvalue weighted by Crippen LogP contribution is -2.39. The molecule has 0 saturated carbocycles. The Bertz CT molecular complexity index is 805. The predicted molar refractivity (Wildman–Crippen MR) is 113 cm³/mol. The molecule has 0 atom stereocenters. The maximum absolute atomic E-state index is 12.2. The predicted octanol–water partition coefficient (Wildman–Crippen LogP) is 5.28. The van der Waals surface area contributed by atoms with Gasteiger partial charge in [-0.3, -0.25) is 4.98 Å². The van der Waals surface area contributed by atoms with Crippen molar-refractivity contribution in [3.05, 3.63) is 71.6 Å². The molecule has 0 spiro atoms. The lowest BCUT2D eigenvalue weighted by Gasteiger charge is -2.29. The van der Waals surface area contributed by atoms with Gasteiger partial charge in [0.2, 0.25) is 0 Å². The molecule has 1 aromatic carbocycles. The Hall–Kier alpha value is -2.62. The summed E-state index contributed by atoms with van der Waals surface area (Å²) in [6.07, 6.45) is 7.83. The van der Waals surface area contributed by atoms with Gasteiger partial charge in [-0.05, 0) is 69.2 Å². The molecule has 2 aromatic rings. The average molecular weight is 379 g/mol. The molecule has 0 fully saturated rings. The molecule has 0 unspecified atom stereocenters. The molecule has 1 aromatic heterocycles. The van der Waals surface area contributed by atoms with Crippen LogP contribution >= 0.6 is 0 Å². The molecular formula is C24H30N2O2. The van der Waals surface area contributed by atoms with Gasteiger partial charge in [-0.15, -0.1) is 0 Å². The molecule has 2 heterocycles. The summed E-state index contributed by atoms with van der Waals surface area (Å²) in [4.78, 5) is 18.6. The van der Waals surface area contributed by atoms with E-state index in [0.717, 1.165) is 36.9 Å². The molecule has 0 aliphatic carbocycles. The molecule has 1 amide bonds. The summed E-state index contributed by atoms with van der Waals surface area (Å²) in [5.74, 6) is 0. The highest BCUT2D eigenvalue weighted by atomic mass is 16.6. The van der Waals surface area contributed by atoms with Crippen molar-refractivity contribution < 1.29 is 9.53 Å². The van der Waals surface area contributed by atoms with Crippen LogP contribution in [0.2, 0.25) is 0 Å². The van der Waals surface area contributed by atoms with E-state index in [9.17, 15) is 4.79 Å². The van der Waals surface area contributed by atoms with Gasteiger partial charge in [-0.25, -0.2) is 4.79 Å². The van der Waals surface area contributed by atoms with Gasteiger partial charge in [0.25, 0.3) is 0 Å². The van der Waals surface area contributed by atoms with E-state index in [1.165, 1.54) is 11.1 Å².